The molecule has 2 heteroatoms. The Balaban J connectivity index is 2.25. The van der Waals surface area contributed by atoms with Gasteiger partial charge in [0.25, 0.3) is 0 Å². The molecule has 23 heavy (non-hydrogen) atoms. The minimum Gasteiger partial charge on any atom is -0.256 e. The summed E-state index contributed by atoms with van der Waals surface area (Å²) < 4.78 is 0. The molecule has 1 aliphatic rings. The Morgan fingerprint density at radius 2 is 1.61 bits per heavy atom. The van der Waals surface area contributed by atoms with Crippen LogP contribution in [0.1, 0.15) is 11.1 Å². The maximum absolute atomic E-state index is 4.82. The Kier molecular flexibility index (Phi) is 2.31. The second-order valence-electron chi connectivity index (χ2n) is 7.44. The van der Waals surface area contributed by atoms with Gasteiger partial charge in [-0.15, -0.1) is 0 Å². The third-order valence-corrected chi connectivity index (χ3v) is 9.14. The standard InChI is InChI=1S/C21H19NSi/c1-12-10-13(2)18-14-6-5-7-16-19(14)20-17(23(16,3)4)8-9-22-21(20)15(18)11-12/h5-11H,1-4H3. The highest BCUT2D eigenvalue weighted by atomic mass is 28.3. The van der Waals surface area contributed by atoms with Crippen molar-refractivity contribution in [2.24, 2.45) is 0 Å². The minimum atomic E-state index is -1.61. The van der Waals surface area contributed by atoms with Crippen molar-refractivity contribution in [1.82, 2.24) is 4.98 Å². The van der Waals surface area contributed by atoms with Crippen LogP contribution in [-0.4, -0.2) is 13.1 Å². The fourth-order valence-corrected chi connectivity index (χ4v) is 7.70. The van der Waals surface area contributed by atoms with Crippen molar-refractivity contribution in [3.8, 4) is 0 Å². The fraction of sp³-hybridized carbons (Fsp3) is 0.190. The molecule has 0 unspecified atom stereocenters. The van der Waals surface area contributed by atoms with Gasteiger partial charge in [0.05, 0.1) is 5.52 Å². The molecule has 1 aromatic heterocycles. The lowest BCUT2D eigenvalue weighted by molar-refractivity contribution is 1.41. The Morgan fingerprint density at radius 1 is 0.826 bits per heavy atom. The molecule has 1 aliphatic heterocycles. The van der Waals surface area contributed by atoms with E-state index in [0.717, 1.165) is 0 Å². The zero-order valence-electron chi connectivity index (χ0n) is 14.0. The van der Waals surface area contributed by atoms with E-state index in [4.69, 9.17) is 4.98 Å². The highest BCUT2D eigenvalue weighted by Gasteiger charge is 2.36. The topological polar surface area (TPSA) is 12.9 Å². The molecule has 112 valence electrons. The van der Waals surface area contributed by atoms with Crippen molar-refractivity contribution in [3.63, 3.8) is 0 Å². The maximum Gasteiger partial charge on any atom is 0.114 e. The van der Waals surface area contributed by atoms with Gasteiger partial charge in [-0.2, -0.15) is 0 Å². The predicted octanol–water partition coefficient (Wildman–Crippen LogP) is 4.29. The van der Waals surface area contributed by atoms with Crippen LogP contribution >= 0.6 is 0 Å². The van der Waals surface area contributed by atoms with Crippen LogP contribution in [-0.2, 0) is 0 Å². The van der Waals surface area contributed by atoms with Crippen molar-refractivity contribution in [2.45, 2.75) is 26.9 Å². The molecule has 2 heterocycles. The molecule has 0 amide bonds. The molecule has 0 saturated heterocycles. The minimum absolute atomic E-state index is 1.20. The summed E-state index contributed by atoms with van der Waals surface area (Å²) in [6, 6.07) is 13.8. The van der Waals surface area contributed by atoms with Crippen molar-refractivity contribution >= 4 is 50.9 Å². The number of rotatable bonds is 0. The van der Waals surface area contributed by atoms with Crippen LogP contribution in [0.25, 0.3) is 32.4 Å². The molecule has 1 nitrogen and oxygen atoms in total. The molecule has 0 bridgehead atoms. The third-order valence-electron chi connectivity index (χ3n) is 5.62. The number of fused-ring (bicyclic) bond motifs is 3. The average molecular weight is 313 g/mol. The number of nitrogens with zero attached hydrogens (tertiary/aromatic N) is 1. The number of aryl methyl sites for hydroxylation is 2. The Morgan fingerprint density at radius 3 is 2.43 bits per heavy atom. The summed E-state index contributed by atoms with van der Waals surface area (Å²) in [5, 5.41) is 10.1. The first-order valence-corrected chi connectivity index (χ1v) is 11.3. The molecule has 4 aromatic rings. The van der Waals surface area contributed by atoms with E-state index >= 15 is 0 Å². The molecule has 0 aliphatic carbocycles. The van der Waals surface area contributed by atoms with Gasteiger partial charge in [0.15, 0.2) is 0 Å². The van der Waals surface area contributed by atoms with Crippen LogP contribution < -0.4 is 10.4 Å². The summed E-state index contributed by atoms with van der Waals surface area (Å²) in [6.07, 6.45) is 2.02. The molecular formula is C21H19NSi. The van der Waals surface area contributed by atoms with Crippen LogP contribution in [0.15, 0.2) is 42.6 Å². The van der Waals surface area contributed by atoms with E-state index in [1.165, 1.54) is 43.6 Å². The van der Waals surface area contributed by atoms with Gasteiger partial charge in [0.1, 0.15) is 8.07 Å². The van der Waals surface area contributed by atoms with Gasteiger partial charge in [0, 0.05) is 17.0 Å². The van der Waals surface area contributed by atoms with E-state index in [9.17, 15) is 0 Å². The zero-order chi connectivity index (χ0) is 15.9. The molecule has 0 spiro atoms. The van der Waals surface area contributed by atoms with E-state index in [0.29, 0.717) is 0 Å². The molecule has 0 N–H and O–H groups in total. The first-order valence-electron chi connectivity index (χ1n) is 8.25. The number of pyridine rings is 1. The van der Waals surface area contributed by atoms with E-state index in [1.807, 2.05) is 6.20 Å². The molecule has 3 aromatic carbocycles. The summed E-state index contributed by atoms with van der Waals surface area (Å²) in [6.45, 7) is 9.36. The van der Waals surface area contributed by atoms with Crippen LogP contribution in [0.5, 0.6) is 0 Å². The molecule has 5 rings (SSSR count). The fourth-order valence-electron chi connectivity index (χ4n) is 4.65. The van der Waals surface area contributed by atoms with E-state index in [2.05, 4.69) is 63.3 Å². The Labute approximate surface area is 137 Å². The molecule has 0 atom stereocenters. The van der Waals surface area contributed by atoms with Gasteiger partial charge in [-0.05, 0) is 58.1 Å². The van der Waals surface area contributed by atoms with Crippen molar-refractivity contribution in [2.75, 3.05) is 0 Å². The number of hydrogen-bond donors (Lipinski definition) is 0. The van der Waals surface area contributed by atoms with Crippen molar-refractivity contribution in [3.05, 3.63) is 53.7 Å². The third kappa shape index (κ3) is 1.45. The lowest BCUT2D eigenvalue weighted by Crippen LogP contribution is -2.49. The Hall–Kier alpha value is -2.19. The van der Waals surface area contributed by atoms with E-state index in [-0.39, 0.29) is 0 Å². The number of hydrogen-bond acceptors (Lipinski definition) is 1. The average Bonchev–Trinajstić information content (AvgIpc) is 2.75. The van der Waals surface area contributed by atoms with Gasteiger partial charge < -0.3 is 0 Å². The SMILES string of the molecule is Cc1cc(C)c2c(c1)c1nccc3c1c1c(cccc21)[Si]3(C)C. The lowest BCUT2D eigenvalue weighted by atomic mass is 9.93. The normalized spacial score (nSPS) is 15.3. The molecular weight excluding hydrogens is 294 g/mol. The summed E-state index contributed by atoms with van der Waals surface area (Å²) in [4.78, 5) is 4.82. The summed E-state index contributed by atoms with van der Waals surface area (Å²) in [5.41, 5.74) is 3.87. The first-order chi connectivity index (χ1) is 11.0. The highest BCUT2D eigenvalue weighted by molar-refractivity contribution is 7.05. The largest absolute Gasteiger partial charge is 0.256 e. The first kappa shape index (κ1) is 13.3. The summed E-state index contributed by atoms with van der Waals surface area (Å²) in [7, 11) is -1.61. The molecule has 0 radical (unpaired) electrons. The summed E-state index contributed by atoms with van der Waals surface area (Å²) >= 11 is 0. The monoisotopic (exact) mass is 313 g/mol. The van der Waals surface area contributed by atoms with Gasteiger partial charge in [-0.1, -0.05) is 42.9 Å². The number of aromatic nitrogens is 1. The van der Waals surface area contributed by atoms with Gasteiger partial charge in [-0.3, -0.25) is 4.98 Å². The highest BCUT2D eigenvalue weighted by Crippen LogP contribution is 2.38. The predicted molar refractivity (Wildman–Crippen MR) is 103 cm³/mol. The van der Waals surface area contributed by atoms with Crippen LogP contribution in [0.4, 0.5) is 0 Å². The lowest BCUT2D eigenvalue weighted by Gasteiger charge is -2.18. The van der Waals surface area contributed by atoms with Crippen LogP contribution in [0, 0.1) is 13.8 Å². The second kappa shape index (κ2) is 4.01. The van der Waals surface area contributed by atoms with Crippen molar-refractivity contribution in [1.29, 1.82) is 0 Å². The smallest absolute Gasteiger partial charge is 0.114 e. The molecule has 0 fully saturated rings. The maximum atomic E-state index is 4.82. The Bertz CT molecular complexity index is 1160. The van der Waals surface area contributed by atoms with Crippen LogP contribution in [0.3, 0.4) is 0 Å². The summed E-state index contributed by atoms with van der Waals surface area (Å²) in [5.74, 6) is 0. The second-order valence-corrected chi connectivity index (χ2v) is 11.8. The van der Waals surface area contributed by atoms with Gasteiger partial charge >= 0.3 is 0 Å². The van der Waals surface area contributed by atoms with Crippen molar-refractivity contribution < 1.29 is 0 Å². The number of benzene rings is 3. The van der Waals surface area contributed by atoms with E-state index in [1.54, 1.807) is 10.4 Å². The van der Waals surface area contributed by atoms with Gasteiger partial charge in [0.2, 0.25) is 0 Å². The quantitative estimate of drug-likeness (QED) is 0.348. The zero-order valence-corrected chi connectivity index (χ0v) is 15.0. The molecule has 0 saturated carbocycles. The van der Waals surface area contributed by atoms with Gasteiger partial charge in [-0.25, -0.2) is 0 Å². The van der Waals surface area contributed by atoms with Crippen LogP contribution in [0.2, 0.25) is 13.1 Å². The van der Waals surface area contributed by atoms with E-state index < -0.39 is 8.07 Å².